The second kappa shape index (κ2) is 4.61. The summed E-state index contributed by atoms with van der Waals surface area (Å²) in [5, 5.41) is 16.1. The summed E-state index contributed by atoms with van der Waals surface area (Å²) in [6, 6.07) is 0. The lowest BCUT2D eigenvalue weighted by molar-refractivity contribution is -0.134. The lowest BCUT2D eigenvalue weighted by Crippen LogP contribution is -2.12. The van der Waals surface area contributed by atoms with Crippen molar-refractivity contribution in [1.29, 1.82) is 0 Å². The number of alkyl halides is 3. The van der Waals surface area contributed by atoms with Crippen LogP contribution in [-0.2, 0) is 19.6 Å². The number of aromatic nitrogens is 3. The molecule has 0 unspecified atom stereocenters. The highest BCUT2D eigenvalue weighted by molar-refractivity contribution is 4.95. The Morgan fingerprint density at radius 1 is 1.27 bits per heavy atom. The first kappa shape index (κ1) is 12.0. The molecule has 15 heavy (non-hydrogen) atoms. The van der Waals surface area contributed by atoms with Crippen LogP contribution in [0.2, 0.25) is 0 Å². The molecule has 1 N–H and O–H groups in total. The van der Waals surface area contributed by atoms with Gasteiger partial charge in [-0.15, -0.1) is 10.2 Å². The van der Waals surface area contributed by atoms with Gasteiger partial charge >= 0.3 is 6.18 Å². The topological polar surface area (TPSA) is 50.9 Å². The van der Waals surface area contributed by atoms with E-state index in [-0.39, 0.29) is 18.9 Å². The van der Waals surface area contributed by atoms with Gasteiger partial charge in [0.25, 0.3) is 0 Å². The van der Waals surface area contributed by atoms with E-state index in [9.17, 15) is 13.2 Å². The number of aliphatic hydroxyl groups is 1. The van der Waals surface area contributed by atoms with Crippen molar-refractivity contribution < 1.29 is 18.3 Å². The van der Waals surface area contributed by atoms with Gasteiger partial charge in [0.15, 0.2) is 5.82 Å². The number of hydrogen-bond donors (Lipinski definition) is 1. The zero-order valence-corrected chi connectivity index (χ0v) is 8.25. The van der Waals surface area contributed by atoms with Gasteiger partial charge in [-0.3, -0.25) is 0 Å². The van der Waals surface area contributed by atoms with Crippen molar-refractivity contribution >= 4 is 0 Å². The first-order valence-corrected chi connectivity index (χ1v) is 4.56. The van der Waals surface area contributed by atoms with Crippen molar-refractivity contribution in [3.8, 4) is 0 Å². The molecule has 0 radical (unpaired) electrons. The molecule has 0 bridgehead atoms. The van der Waals surface area contributed by atoms with Crippen LogP contribution in [0, 0.1) is 0 Å². The molecule has 4 nitrogen and oxygen atoms in total. The normalized spacial score (nSPS) is 12.1. The van der Waals surface area contributed by atoms with Crippen molar-refractivity contribution in [2.45, 2.75) is 39.1 Å². The summed E-state index contributed by atoms with van der Waals surface area (Å²) in [7, 11) is 0. The molecule has 1 aromatic heterocycles. The maximum absolute atomic E-state index is 12.0. The third kappa shape index (κ3) is 3.19. The Bertz CT molecular complexity index is 321. The van der Waals surface area contributed by atoms with Crippen LogP contribution >= 0.6 is 0 Å². The molecule has 1 heterocycles. The monoisotopic (exact) mass is 223 g/mol. The third-order valence-electron chi connectivity index (χ3n) is 1.99. The Morgan fingerprint density at radius 3 is 2.33 bits per heavy atom. The van der Waals surface area contributed by atoms with Crippen molar-refractivity contribution in [3.05, 3.63) is 11.6 Å². The predicted molar refractivity (Wildman–Crippen MR) is 46.0 cm³/mol. The Balaban J connectivity index is 2.73. The highest BCUT2D eigenvalue weighted by Gasteiger charge is 2.27. The quantitative estimate of drug-likeness (QED) is 0.836. The fraction of sp³-hybridized carbons (Fsp3) is 0.750. The Labute approximate surface area is 84.7 Å². The van der Waals surface area contributed by atoms with Crippen LogP contribution in [0.5, 0.6) is 0 Å². The zero-order chi connectivity index (χ0) is 11.5. The lowest BCUT2D eigenvalue weighted by atomic mass is 10.3. The fourth-order valence-electron chi connectivity index (χ4n) is 1.29. The number of hydrogen-bond acceptors (Lipinski definition) is 3. The van der Waals surface area contributed by atoms with E-state index in [4.69, 9.17) is 5.11 Å². The summed E-state index contributed by atoms with van der Waals surface area (Å²) in [5.74, 6) is 0.563. The summed E-state index contributed by atoms with van der Waals surface area (Å²) in [6.45, 7) is 1.91. The Hall–Kier alpha value is -1.11. The molecule has 0 spiro atoms. The molecule has 0 aromatic carbocycles. The van der Waals surface area contributed by atoms with Gasteiger partial charge in [0, 0.05) is 13.0 Å². The van der Waals surface area contributed by atoms with E-state index in [2.05, 4.69) is 10.2 Å². The van der Waals surface area contributed by atoms with Crippen LogP contribution in [0.4, 0.5) is 13.2 Å². The Kier molecular flexibility index (Phi) is 3.67. The highest BCUT2D eigenvalue weighted by Crippen LogP contribution is 2.21. The molecule has 7 heteroatoms. The van der Waals surface area contributed by atoms with Crippen molar-refractivity contribution in [1.82, 2.24) is 14.8 Å². The average Bonchev–Trinajstić information content (AvgIpc) is 2.55. The molecule has 0 aliphatic rings. The summed E-state index contributed by atoms with van der Waals surface area (Å²) in [5.41, 5.74) is 0. The smallest absolute Gasteiger partial charge is 0.388 e. The van der Waals surface area contributed by atoms with Crippen molar-refractivity contribution in [2.75, 3.05) is 0 Å². The van der Waals surface area contributed by atoms with Gasteiger partial charge in [-0.05, 0) is 6.92 Å². The molecule has 1 aromatic rings. The average molecular weight is 223 g/mol. The summed E-state index contributed by atoms with van der Waals surface area (Å²) in [6.07, 6.45) is -5.31. The van der Waals surface area contributed by atoms with E-state index in [0.717, 1.165) is 0 Å². The molecular weight excluding hydrogens is 211 g/mol. The van der Waals surface area contributed by atoms with E-state index in [1.165, 1.54) is 4.57 Å². The third-order valence-corrected chi connectivity index (χ3v) is 1.99. The number of halogens is 3. The van der Waals surface area contributed by atoms with E-state index in [1.54, 1.807) is 6.92 Å². The maximum atomic E-state index is 12.0. The summed E-state index contributed by atoms with van der Waals surface area (Å²) < 4.78 is 37.4. The largest absolute Gasteiger partial charge is 0.389 e. The van der Waals surface area contributed by atoms with E-state index in [1.807, 2.05) is 0 Å². The number of nitrogens with zero attached hydrogens (tertiary/aromatic N) is 3. The van der Waals surface area contributed by atoms with Crippen molar-refractivity contribution in [3.63, 3.8) is 0 Å². The predicted octanol–water partition coefficient (Wildman–Crippen LogP) is 1.29. The van der Waals surface area contributed by atoms with E-state index < -0.39 is 12.6 Å². The van der Waals surface area contributed by atoms with Crippen LogP contribution in [0.1, 0.15) is 25.0 Å². The molecule has 0 saturated heterocycles. The van der Waals surface area contributed by atoms with Gasteiger partial charge in [0.05, 0.1) is 6.42 Å². The number of aryl methyl sites for hydroxylation is 1. The molecule has 1 rings (SSSR count). The standard InChI is InChI=1S/C8H12F3N3O/c1-2-14-6(3-4-8(9,10)11)12-13-7(14)5-15/h15H,2-5H2,1H3. The number of rotatable bonds is 4. The van der Waals surface area contributed by atoms with Crippen LogP contribution < -0.4 is 0 Å². The van der Waals surface area contributed by atoms with Crippen molar-refractivity contribution in [2.24, 2.45) is 0 Å². The van der Waals surface area contributed by atoms with Gasteiger partial charge in [0.1, 0.15) is 12.4 Å². The lowest BCUT2D eigenvalue weighted by Gasteiger charge is -2.07. The molecule has 0 atom stereocenters. The summed E-state index contributed by atoms with van der Waals surface area (Å²) in [4.78, 5) is 0. The van der Waals surface area contributed by atoms with Gasteiger partial charge in [0.2, 0.25) is 0 Å². The molecule has 0 saturated carbocycles. The highest BCUT2D eigenvalue weighted by atomic mass is 19.4. The minimum atomic E-state index is -4.19. The van der Waals surface area contributed by atoms with Gasteiger partial charge in [-0.1, -0.05) is 0 Å². The fourth-order valence-corrected chi connectivity index (χ4v) is 1.29. The van der Waals surface area contributed by atoms with Crippen LogP contribution in [0.3, 0.4) is 0 Å². The van der Waals surface area contributed by atoms with Crippen LogP contribution in [0.25, 0.3) is 0 Å². The molecule has 0 aliphatic heterocycles. The van der Waals surface area contributed by atoms with E-state index in [0.29, 0.717) is 12.4 Å². The van der Waals surface area contributed by atoms with Crippen LogP contribution in [-0.4, -0.2) is 26.0 Å². The molecule has 0 fully saturated rings. The molecule has 0 amide bonds. The summed E-state index contributed by atoms with van der Waals surface area (Å²) >= 11 is 0. The maximum Gasteiger partial charge on any atom is 0.389 e. The van der Waals surface area contributed by atoms with Gasteiger partial charge in [-0.2, -0.15) is 13.2 Å². The number of aliphatic hydroxyl groups excluding tert-OH is 1. The van der Waals surface area contributed by atoms with E-state index >= 15 is 0 Å². The second-order valence-electron chi connectivity index (χ2n) is 3.05. The van der Waals surface area contributed by atoms with Crippen LogP contribution in [0.15, 0.2) is 0 Å². The minimum absolute atomic E-state index is 0.204. The molecule has 86 valence electrons. The van der Waals surface area contributed by atoms with Gasteiger partial charge < -0.3 is 9.67 Å². The second-order valence-corrected chi connectivity index (χ2v) is 3.05. The zero-order valence-electron chi connectivity index (χ0n) is 8.25. The minimum Gasteiger partial charge on any atom is -0.388 e. The SMILES string of the molecule is CCn1c(CO)nnc1CCC(F)(F)F. The first-order chi connectivity index (χ1) is 6.98. The molecular formula is C8H12F3N3O. The first-order valence-electron chi connectivity index (χ1n) is 4.56. The van der Waals surface area contributed by atoms with Gasteiger partial charge in [-0.25, -0.2) is 0 Å². The Morgan fingerprint density at radius 2 is 1.87 bits per heavy atom. The molecule has 0 aliphatic carbocycles.